The topological polar surface area (TPSA) is 128 Å². The number of methoxy groups -OCH3 is 1. The largest absolute Gasteiger partial charge is 0.495 e. The number of aliphatic hydroxyl groups excluding tert-OH is 1. The fourth-order valence-corrected chi connectivity index (χ4v) is 9.91. The number of anilines is 1. The van der Waals surface area contributed by atoms with Gasteiger partial charge in [-0.2, -0.15) is 0 Å². The molecule has 1 unspecified atom stereocenters. The van der Waals surface area contributed by atoms with Crippen molar-refractivity contribution < 1.29 is 28.2 Å². The zero-order chi connectivity index (χ0) is 34.7. The van der Waals surface area contributed by atoms with Gasteiger partial charge in [-0.15, -0.1) is 0 Å². The van der Waals surface area contributed by atoms with Crippen molar-refractivity contribution in [3.63, 3.8) is 0 Å². The van der Waals surface area contributed by atoms with Crippen LogP contribution in [0.3, 0.4) is 0 Å². The molecule has 6 atom stereocenters. The van der Waals surface area contributed by atoms with E-state index < -0.39 is 26.8 Å². The third kappa shape index (κ3) is 7.99. The minimum Gasteiger partial charge on any atom is -0.495 e. The predicted molar refractivity (Wildman–Crippen MR) is 192 cm³/mol. The van der Waals surface area contributed by atoms with E-state index in [1.807, 2.05) is 13.0 Å². The normalized spacial score (nSPS) is 30.8. The highest BCUT2D eigenvalue weighted by Gasteiger charge is 2.47. The Morgan fingerprint density at radius 1 is 1.08 bits per heavy atom. The molecule has 4 N–H and O–H groups in total. The Balaban J connectivity index is 1.58. The Kier molecular flexibility index (Phi) is 11.7. The molecule has 2 aromatic carbocycles. The number of nitrogens with zero attached hydrogens (tertiary/aromatic N) is 1. The van der Waals surface area contributed by atoms with E-state index in [1.54, 1.807) is 32.2 Å². The van der Waals surface area contributed by atoms with Crippen molar-refractivity contribution in [1.82, 2.24) is 10.0 Å². The van der Waals surface area contributed by atoms with Crippen LogP contribution in [0, 0.1) is 17.8 Å². The van der Waals surface area contributed by atoms with E-state index in [-0.39, 0.29) is 35.3 Å². The zero-order valence-corrected chi connectivity index (χ0v) is 30.5. The second-order valence-electron chi connectivity index (χ2n) is 14.8. The SMILES string of the molecule is COc1ccc2cc1N(C[C@]1(C)CCCc3cc(Cl)ccc31)C[C@@H]1CC[C@H]1C(O)(CCNCCO)CCC[C@H](C)[C@@H](C)S(=O)(=O)NC2=O. The number of halogens is 1. The molecule has 2 aromatic rings. The van der Waals surface area contributed by atoms with Crippen LogP contribution in [0.15, 0.2) is 36.4 Å². The maximum Gasteiger partial charge on any atom is 0.264 e. The number of aliphatic hydroxyl groups is 2. The van der Waals surface area contributed by atoms with Crippen LogP contribution in [0.1, 0.15) is 93.6 Å². The molecule has 5 rings (SSSR count). The van der Waals surface area contributed by atoms with Gasteiger partial charge in [0.05, 0.1) is 30.3 Å². The molecule has 0 spiro atoms. The first-order valence-electron chi connectivity index (χ1n) is 17.6. The summed E-state index contributed by atoms with van der Waals surface area (Å²) in [5.74, 6) is 0.000341. The van der Waals surface area contributed by atoms with Crippen LogP contribution in [0.5, 0.6) is 5.75 Å². The summed E-state index contributed by atoms with van der Waals surface area (Å²) in [6.07, 6.45) is 7.25. The van der Waals surface area contributed by atoms with E-state index >= 15 is 0 Å². The Bertz CT molecular complexity index is 1560. The first kappa shape index (κ1) is 36.9. The van der Waals surface area contributed by atoms with Gasteiger partial charge in [0.1, 0.15) is 5.75 Å². The lowest BCUT2D eigenvalue weighted by molar-refractivity contribution is -0.0933. The molecule has 0 saturated heterocycles. The van der Waals surface area contributed by atoms with E-state index in [0.717, 1.165) is 42.8 Å². The Hall–Kier alpha value is -2.37. The quantitative estimate of drug-likeness (QED) is 0.268. The molecule has 11 heteroatoms. The number of benzene rings is 2. The maximum absolute atomic E-state index is 13.5. The van der Waals surface area contributed by atoms with Crippen LogP contribution in [0.4, 0.5) is 5.69 Å². The molecular weight excluding hydrogens is 650 g/mol. The molecule has 3 aliphatic rings. The van der Waals surface area contributed by atoms with Crippen molar-refractivity contribution in [2.75, 3.05) is 44.8 Å². The summed E-state index contributed by atoms with van der Waals surface area (Å²) < 4.78 is 35.1. The van der Waals surface area contributed by atoms with Crippen molar-refractivity contribution in [2.24, 2.45) is 17.8 Å². The van der Waals surface area contributed by atoms with Crippen LogP contribution in [0.2, 0.25) is 5.02 Å². The van der Waals surface area contributed by atoms with E-state index in [4.69, 9.17) is 16.3 Å². The summed E-state index contributed by atoms with van der Waals surface area (Å²) in [6.45, 7) is 8.23. The first-order valence-corrected chi connectivity index (χ1v) is 19.5. The molecule has 0 radical (unpaired) electrons. The number of aryl methyl sites for hydroxylation is 1. The Labute approximate surface area is 291 Å². The number of fused-ring (bicyclic) bond motifs is 4. The van der Waals surface area contributed by atoms with Crippen molar-refractivity contribution in [3.05, 3.63) is 58.1 Å². The number of carbonyl (C=O) groups excluding carboxylic acids is 1. The van der Waals surface area contributed by atoms with E-state index in [0.29, 0.717) is 57.6 Å². The van der Waals surface area contributed by atoms with Gasteiger partial charge in [0.15, 0.2) is 0 Å². The lowest BCUT2D eigenvalue weighted by Gasteiger charge is -2.51. The average Bonchev–Trinajstić information content (AvgIpc) is 3.03. The number of amides is 1. The molecule has 1 aliphatic heterocycles. The number of ether oxygens (including phenoxy) is 1. The molecule has 2 aliphatic carbocycles. The standard InChI is InChI=1S/C37H54ClN3O6S/c1-25-7-5-16-37(44,17-18-39-19-20-42)32-12-9-29(32)23-41(24-36(3)15-6-8-27-21-30(38)11-13-31(27)36)33-22-28(10-14-34(33)47-4)35(43)40-48(45,46)26(25)2/h10-11,13-14,21-22,25-26,29,32,39,42,44H,5-9,12,15-20,23-24H2,1-4H3,(H,40,43)/t25-,26+,29-,32+,36-,37?/m0/s1. The minimum atomic E-state index is -3.96. The maximum atomic E-state index is 13.5. The van der Waals surface area contributed by atoms with Gasteiger partial charge >= 0.3 is 0 Å². The fraction of sp³-hybridized carbons (Fsp3) is 0.649. The lowest BCUT2D eigenvalue weighted by atomic mass is 9.62. The number of hydrogen-bond donors (Lipinski definition) is 4. The highest BCUT2D eigenvalue weighted by Crippen LogP contribution is 2.48. The van der Waals surface area contributed by atoms with Crippen molar-refractivity contribution in [2.45, 2.75) is 94.8 Å². The molecule has 0 aromatic heterocycles. The number of carbonyl (C=O) groups is 1. The van der Waals surface area contributed by atoms with Crippen molar-refractivity contribution in [1.29, 1.82) is 0 Å². The van der Waals surface area contributed by atoms with Gasteiger partial charge in [0, 0.05) is 35.6 Å². The van der Waals surface area contributed by atoms with Crippen molar-refractivity contribution in [3.8, 4) is 5.75 Å². The van der Waals surface area contributed by atoms with Crippen LogP contribution >= 0.6 is 11.6 Å². The summed E-state index contributed by atoms with van der Waals surface area (Å²) in [7, 11) is -2.35. The summed E-state index contributed by atoms with van der Waals surface area (Å²) in [6, 6.07) is 11.3. The fourth-order valence-electron chi connectivity index (χ4n) is 8.41. The minimum absolute atomic E-state index is 0.0366. The van der Waals surface area contributed by atoms with E-state index in [9.17, 15) is 23.4 Å². The number of sulfonamides is 1. The Morgan fingerprint density at radius 2 is 1.88 bits per heavy atom. The molecule has 2 bridgehead atoms. The molecular formula is C37H54ClN3O6S. The molecule has 1 heterocycles. The summed E-state index contributed by atoms with van der Waals surface area (Å²) in [5, 5.41) is 24.9. The zero-order valence-electron chi connectivity index (χ0n) is 28.9. The third-order valence-corrected chi connectivity index (χ3v) is 13.7. The molecule has 1 saturated carbocycles. The van der Waals surface area contributed by atoms with Crippen LogP contribution in [-0.2, 0) is 21.9 Å². The first-order chi connectivity index (χ1) is 22.8. The second-order valence-corrected chi connectivity index (χ2v) is 17.3. The molecule has 9 nitrogen and oxygen atoms in total. The average molecular weight is 704 g/mol. The van der Waals surface area contributed by atoms with Crippen molar-refractivity contribution >= 4 is 33.2 Å². The van der Waals surface area contributed by atoms with E-state index in [2.05, 4.69) is 34.0 Å². The van der Waals surface area contributed by atoms with E-state index in [1.165, 1.54) is 11.1 Å². The molecule has 266 valence electrons. The second kappa shape index (κ2) is 15.3. The van der Waals surface area contributed by atoms with Crippen LogP contribution < -0.4 is 19.7 Å². The number of rotatable bonds is 8. The summed E-state index contributed by atoms with van der Waals surface area (Å²) in [4.78, 5) is 15.8. The predicted octanol–water partition coefficient (Wildman–Crippen LogP) is 5.45. The molecule has 1 amide bonds. The van der Waals surface area contributed by atoms with Gasteiger partial charge in [-0.05, 0) is 124 Å². The Morgan fingerprint density at radius 3 is 2.58 bits per heavy atom. The molecule has 48 heavy (non-hydrogen) atoms. The van der Waals surface area contributed by atoms with Gasteiger partial charge < -0.3 is 25.2 Å². The van der Waals surface area contributed by atoms with Gasteiger partial charge in [0.2, 0.25) is 10.0 Å². The van der Waals surface area contributed by atoms with Crippen LogP contribution in [0.25, 0.3) is 0 Å². The summed E-state index contributed by atoms with van der Waals surface area (Å²) in [5.41, 5.74) is 2.35. The summed E-state index contributed by atoms with van der Waals surface area (Å²) >= 11 is 6.42. The highest BCUT2D eigenvalue weighted by atomic mass is 35.5. The smallest absolute Gasteiger partial charge is 0.264 e. The number of nitrogens with one attached hydrogen (secondary N) is 2. The molecule has 1 fully saturated rings. The third-order valence-electron chi connectivity index (χ3n) is 11.6. The van der Waals surface area contributed by atoms with Gasteiger partial charge in [0.25, 0.3) is 5.91 Å². The van der Waals surface area contributed by atoms with Crippen LogP contribution in [-0.4, -0.2) is 75.3 Å². The lowest BCUT2D eigenvalue weighted by Crippen LogP contribution is -2.53. The van der Waals surface area contributed by atoms with Gasteiger partial charge in [-0.3, -0.25) is 4.79 Å². The highest BCUT2D eigenvalue weighted by molar-refractivity contribution is 7.90. The van der Waals surface area contributed by atoms with Gasteiger partial charge in [-0.25, -0.2) is 13.1 Å². The number of hydrogen-bond acceptors (Lipinski definition) is 8. The van der Waals surface area contributed by atoms with Gasteiger partial charge in [-0.1, -0.05) is 37.9 Å². The monoisotopic (exact) mass is 703 g/mol.